The minimum atomic E-state index is -1.03. The first-order valence-corrected chi connectivity index (χ1v) is 9.96. The van der Waals surface area contributed by atoms with Gasteiger partial charge in [-0.3, -0.25) is 14.4 Å². The highest BCUT2D eigenvalue weighted by Crippen LogP contribution is 2.32. The van der Waals surface area contributed by atoms with Crippen LogP contribution in [0.15, 0.2) is 29.6 Å². The molecular formula is C19H21N3O6S. The molecule has 1 aromatic heterocycles. The average molecular weight is 419 g/mol. The molecule has 1 saturated heterocycles. The molecule has 1 aliphatic rings. The highest BCUT2D eigenvalue weighted by molar-refractivity contribution is 7.14. The van der Waals surface area contributed by atoms with Crippen LogP contribution in [-0.4, -0.2) is 65.7 Å². The number of anilines is 1. The fraction of sp³-hybridized carbons (Fsp3) is 0.368. The Labute approximate surface area is 171 Å². The van der Waals surface area contributed by atoms with Crippen LogP contribution in [0.25, 0.3) is 11.3 Å². The lowest BCUT2D eigenvalue weighted by Gasteiger charge is -2.26. The van der Waals surface area contributed by atoms with E-state index in [1.807, 2.05) is 12.1 Å². The van der Waals surface area contributed by atoms with E-state index >= 15 is 0 Å². The molecule has 0 bridgehead atoms. The zero-order valence-electron chi connectivity index (χ0n) is 15.6. The topological polar surface area (TPSA) is 118 Å². The van der Waals surface area contributed by atoms with Crippen molar-refractivity contribution in [1.82, 2.24) is 9.88 Å². The first-order chi connectivity index (χ1) is 14.0. The van der Waals surface area contributed by atoms with Crippen molar-refractivity contribution in [3.63, 3.8) is 0 Å². The van der Waals surface area contributed by atoms with Crippen molar-refractivity contribution in [1.29, 1.82) is 0 Å². The Kier molecular flexibility index (Phi) is 7.14. The number of carbonyl (C=O) groups is 3. The van der Waals surface area contributed by atoms with Crippen molar-refractivity contribution in [2.24, 2.45) is 0 Å². The fourth-order valence-electron chi connectivity index (χ4n) is 2.70. The van der Waals surface area contributed by atoms with E-state index in [2.05, 4.69) is 10.3 Å². The number of carboxylic acid groups (broad SMARTS) is 1. The Bertz CT molecular complexity index is 878. The van der Waals surface area contributed by atoms with E-state index in [4.69, 9.17) is 14.6 Å². The number of aromatic nitrogens is 1. The summed E-state index contributed by atoms with van der Waals surface area (Å²) in [6, 6.07) is 7.21. The molecule has 2 N–H and O–H groups in total. The summed E-state index contributed by atoms with van der Waals surface area (Å²) in [7, 11) is 0. The molecule has 29 heavy (non-hydrogen) atoms. The maximum atomic E-state index is 12.3. The number of morpholine rings is 1. The van der Waals surface area contributed by atoms with Gasteiger partial charge in [-0.05, 0) is 12.1 Å². The van der Waals surface area contributed by atoms with Gasteiger partial charge in [0.2, 0.25) is 5.91 Å². The molecule has 154 valence electrons. The summed E-state index contributed by atoms with van der Waals surface area (Å²) in [6.45, 7) is 2.09. The van der Waals surface area contributed by atoms with Gasteiger partial charge in [-0.25, -0.2) is 4.98 Å². The summed E-state index contributed by atoms with van der Waals surface area (Å²) in [5.41, 5.74) is 1.29. The second-order valence-electron chi connectivity index (χ2n) is 6.26. The quantitative estimate of drug-likeness (QED) is 0.670. The summed E-state index contributed by atoms with van der Waals surface area (Å²) in [5.74, 6) is -1.03. The first-order valence-electron chi connectivity index (χ1n) is 9.08. The molecule has 0 atom stereocenters. The molecule has 1 fully saturated rings. The largest absolute Gasteiger partial charge is 0.483 e. The van der Waals surface area contributed by atoms with E-state index in [1.54, 1.807) is 22.4 Å². The zero-order valence-corrected chi connectivity index (χ0v) is 16.4. The van der Waals surface area contributed by atoms with Crippen LogP contribution in [0.4, 0.5) is 5.13 Å². The Morgan fingerprint density at radius 1 is 1.21 bits per heavy atom. The summed E-state index contributed by atoms with van der Waals surface area (Å²) in [4.78, 5) is 40.7. The number of nitrogens with zero attached hydrogens (tertiary/aromatic N) is 2. The third kappa shape index (κ3) is 6.00. The molecule has 1 aromatic carbocycles. The van der Waals surface area contributed by atoms with Crippen molar-refractivity contribution in [2.75, 3.05) is 38.2 Å². The van der Waals surface area contributed by atoms with Gasteiger partial charge >= 0.3 is 5.97 Å². The number of amides is 2. The molecule has 2 amide bonds. The summed E-state index contributed by atoms with van der Waals surface area (Å²) in [5, 5.41) is 13.4. The molecule has 2 heterocycles. The number of benzene rings is 1. The normalized spacial score (nSPS) is 13.7. The molecule has 0 unspecified atom stereocenters. The third-order valence-corrected chi connectivity index (χ3v) is 4.95. The fourth-order valence-corrected chi connectivity index (χ4v) is 3.43. The number of carboxylic acids is 1. The van der Waals surface area contributed by atoms with Crippen LogP contribution in [0.3, 0.4) is 0 Å². The average Bonchev–Trinajstić information content (AvgIpc) is 3.19. The lowest BCUT2D eigenvalue weighted by atomic mass is 10.1. The standard InChI is InChI=1S/C19H21N3O6S/c23-16(5-6-18(25)26)21-19-20-14(12-29-19)13-3-1-2-4-15(13)28-11-17(24)22-7-9-27-10-8-22/h1-4,12H,5-11H2,(H,25,26)(H,20,21,23). The van der Waals surface area contributed by atoms with Crippen LogP contribution in [0.2, 0.25) is 0 Å². The van der Waals surface area contributed by atoms with Crippen molar-refractivity contribution < 1.29 is 29.0 Å². The van der Waals surface area contributed by atoms with Crippen LogP contribution in [-0.2, 0) is 19.1 Å². The predicted molar refractivity (Wildman–Crippen MR) is 106 cm³/mol. The van der Waals surface area contributed by atoms with Crippen molar-refractivity contribution in [2.45, 2.75) is 12.8 Å². The Balaban J connectivity index is 1.62. The number of hydrogen-bond donors (Lipinski definition) is 2. The van der Waals surface area contributed by atoms with Crippen molar-refractivity contribution >= 4 is 34.3 Å². The van der Waals surface area contributed by atoms with Crippen LogP contribution in [0, 0.1) is 0 Å². The lowest BCUT2D eigenvalue weighted by Crippen LogP contribution is -2.43. The summed E-state index contributed by atoms with van der Waals surface area (Å²) in [6.07, 6.45) is -0.356. The predicted octanol–water partition coefficient (Wildman–Crippen LogP) is 1.85. The number of rotatable bonds is 8. The van der Waals surface area contributed by atoms with Gasteiger partial charge in [0, 0.05) is 30.5 Å². The number of ether oxygens (including phenoxy) is 2. The molecule has 1 aliphatic heterocycles. The van der Waals surface area contributed by atoms with Gasteiger partial charge in [0.1, 0.15) is 5.75 Å². The van der Waals surface area contributed by atoms with Crippen LogP contribution < -0.4 is 10.1 Å². The van der Waals surface area contributed by atoms with Gasteiger partial charge in [0.05, 0.1) is 25.3 Å². The van der Waals surface area contributed by atoms with E-state index in [9.17, 15) is 14.4 Å². The van der Waals surface area contributed by atoms with Crippen LogP contribution in [0.5, 0.6) is 5.75 Å². The molecule has 10 heteroatoms. The molecule has 0 aliphatic carbocycles. The molecule has 9 nitrogen and oxygen atoms in total. The molecular weight excluding hydrogens is 398 g/mol. The smallest absolute Gasteiger partial charge is 0.303 e. The Hall–Kier alpha value is -2.98. The van der Waals surface area contributed by atoms with Gasteiger partial charge in [0.15, 0.2) is 11.7 Å². The maximum Gasteiger partial charge on any atom is 0.303 e. The Morgan fingerprint density at radius 3 is 2.72 bits per heavy atom. The monoisotopic (exact) mass is 419 g/mol. The zero-order chi connectivity index (χ0) is 20.6. The number of carbonyl (C=O) groups excluding carboxylic acids is 2. The maximum absolute atomic E-state index is 12.3. The van der Waals surface area contributed by atoms with E-state index in [-0.39, 0.29) is 25.4 Å². The molecule has 0 radical (unpaired) electrons. The summed E-state index contributed by atoms with van der Waals surface area (Å²) < 4.78 is 11.0. The highest BCUT2D eigenvalue weighted by Gasteiger charge is 2.18. The second kappa shape index (κ2) is 9.99. The van der Waals surface area contributed by atoms with Gasteiger partial charge in [-0.1, -0.05) is 12.1 Å². The minimum Gasteiger partial charge on any atom is -0.483 e. The Morgan fingerprint density at radius 2 is 1.97 bits per heavy atom. The van der Waals surface area contributed by atoms with Gasteiger partial charge in [0.25, 0.3) is 5.91 Å². The summed E-state index contributed by atoms with van der Waals surface area (Å²) >= 11 is 1.23. The number of aliphatic carboxylic acids is 1. The molecule has 3 rings (SSSR count). The van der Waals surface area contributed by atoms with E-state index in [1.165, 1.54) is 11.3 Å². The van der Waals surface area contributed by atoms with Crippen LogP contribution in [0.1, 0.15) is 12.8 Å². The molecule has 0 saturated carbocycles. The van der Waals surface area contributed by atoms with Crippen molar-refractivity contribution in [3.05, 3.63) is 29.6 Å². The van der Waals surface area contributed by atoms with E-state index in [0.717, 1.165) is 0 Å². The second-order valence-corrected chi connectivity index (χ2v) is 7.12. The third-order valence-electron chi connectivity index (χ3n) is 4.19. The van der Waals surface area contributed by atoms with E-state index in [0.29, 0.717) is 48.4 Å². The SMILES string of the molecule is O=C(O)CCC(=O)Nc1nc(-c2ccccc2OCC(=O)N2CCOCC2)cs1. The van der Waals surface area contributed by atoms with Gasteiger partial charge < -0.3 is 24.8 Å². The number of hydrogen-bond acceptors (Lipinski definition) is 7. The lowest BCUT2D eigenvalue weighted by molar-refractivity contribution is -0.138. The molecule has 2 aromatic rings. The van der Waals surface area contributed by atoms with Gasteiger partial charge in [-0.2, -0.15) is 0 Å². The number of nitrogens with one attached hydrogen (secondary N) is 1. The number of para-hydroxylation sites is 1. The first kappa shape index (κ1) is 20.7. The minimum absolute atomic E-state index is 0.0834. The van der Waals surface area contributed by atoms with E-state index < -0.39 is 11.9 Å². The molecule has 0 spiro atoms. The van der Waals surface area contributed by atoms with Crippen LogP contribution >= 0.6 is 11.3 Å². The van der Waals surface area contributed by atoms with Crippen molar-refractivity contribution in [3.8, 4) is 17.0 Å². The van der Waals surface area contributed by atoms with Gasteiger partial charge in [-0.15, -0.1) is 11.3 Å². The highest BCUT2D eigenvalue weighted by atomic mass is 32.1. The number of thiazole rings is 1.